The van der Waals surface area contributed by atoms with E-state index in [1.165, 1.54) is 45.5 Å². The Morgan fingerprint density at radius 2 is 1.68 bits per heavy atom. The quantitative estimate of drug-likeness (QED) is 0.184. The van der Waals surface area contributed by atoms with Gasteiger partial charge in [0, 0.05) is 16.5 Å². The first-order valence-corrected chi connectivity index (χ1v) is 12.5. The van der Waals surface area contributed by atoms with Crippen LogP contribution in [0.4, 0.5) is 5.82 Å². The zero-order chi connectivity index (χ0) is 23.8. The van der Waals surface area contributed by atoms with Gasteiger partial charge in [-0.25, -0.2) is 4.98 Å². The molecule has 0 spiro atoms. The van der Waals surface area contributed by atoms with Crippen molar-refractivity contribution in [1.29, 1.82) is 0 Å². The summed E-state index contributed by atoms with van der Waals surface area (Å²) in [4.78, 5) is 7.13. The third-order valence-electron chi connectivity index (χ3n) is 6.41. The molecule has 0 bridgehead atoms. The Kier molecular flexibility index (Phi) is 8.57. The summed E-state index contributed by atoms with van der Waals surface area (Å²) in [5.74, 6) is 1.95. The van der Waals surface area contributed by atoms with Gasteiger partial charge in [0.05, 0.1) is 30.8 Å². The number of nitrogens with two attached hydrogens (primary N) is 1. The largest absolute Gasteiger partial charge is 0.497 e. The van der Waals surface area contributed by atoms with Gasteiger partial charge >= 0.3 is 0 Å². The van der Waals surface area contributed by atoms with Crippen molar-refractivity contribution in [2.75, 3.05) is 51.7 Å². The fourth-order valence-electron chi connectivity index (χ4n) is 4.54. The number of anilines is 1. The first-order chi connectivity index (χ1) is 16.7. The van der Waals surface area contributed by atoms with Crippen LogP contribution in [0.15, 0.2) is 36.5 Å². The maximum absolute atomic E-state index is 5.51. The topological polar surface area (TPSA) is 101 Å². The molecule has 0 fully saturated rings. The molecular formula is C27H39N6O+. The van der Waals surface area contributed by atoms with Gasteiger partial charge in [-0.1, -0.05) is 6.07 Å². The van der Waals surface area contributed by atoms with Crippen molar-refractivity contribution >= 4 is 38.4 Å². The SMILES string of the molecule is COc1ccc2c(ccc3[nH]c4c(C)c[nH+]c(NCCCNCCCCNCCCN)c4c32)c1. The van der Waals surface area contributed by atoms with Gasteiger partial charge in [-0.3, -0.25) is 5.32 Å². The van der Waals surface area contributed by atoms with Crippen LogP contribution in [-0.4, -0.2) is 51.4 Å². The first-order valence-electron chi connectivity index (χ1n) is 12.5. The van der Waals surface area contributed by atoms with Crippen LogP contribution in [-0.2, 0) is 0 Å². The molecule has 4 rings (SSSR count). The van der Waals surface area contributed by atoms with Crippen molar-refractivity contribution in [2.45, 2.75) is 32.6 Å². The Balaban J connectivity index is 1.37. The maximum atomic E-state index is 5.51. The van der Waals surface area contributed by atoms with Crippen LogP contribution in [0.5, 0.6) is 5.75 Å². The number of aromatic nitrogens is 2. The van der Waals surface area contributed by atoms with Crippen LogP contribution >= 0.6 is 0 Å². The minimum Gasteiger partial charge on any atom is -0.497 e. The van der Waals surface area contributed by atoms with Crippen LogP contribution in [0, 0.1) is 6.92 Å². The molecule has 7 N–H and O–H groups in total. The Bertz CT molecular complexity index is 1220. The summed E-state index contributed by atoms with van der Waals surface area (Å²) in [6.45, 7) is 8.00. The number of aromatic amines is 2. The van der Waals surface area contributed by atoms with Crippen LogP contribution < -0.4 is 31.4 Å². The number of unbranched alkanes of at least 4 members (excludes halogenated alkanes) is 1. The molecule has 0 aliphatic rings. The molecular weight excluding hydrogens is 424 g/mol. The van der Waals surface area contributed by atoms with Crippen molar-refractivity contribution < 1.29 is 9.72 Å². The number of hydrogen-bond acceptors (Lipinski definition) is 5. The van der Waals surface area contributed by atoms with Gasteiger partial charge in [0.2, 0.25) is 0 Å². The summed E-state index contributed by atoms with van der Waals surface area (Å²) in [5, 5.41) is 15.5. The minimum atomic E-state index is 0.764. The fraction of sp³-hybridized carbons (Fsp3) is 0.444. The summed E-state index contributed by atoms with van der Waals surface area (Å²) >= 11 is 0. The molecule has 4 aromatic rings. The lowest BCUT2D eigenvalue weighted by Crippen LogP contribution is -2.23. The number of methoxy groups -OCH3 is 1. The molecule has 0 unspecified atom stereocenters. The smallest absolute Gasteiger partial charge is 0.282 e. The standard InChI is InChI=1S/C27H38N6O/c1-19-18-32-27(31-16-6-15-30-13-4-3-12-29-14-5-11-28)25-24-22-9-8-21(34-2)17-20(22)7-10-23(24)33-26(19)25/h7-10,17-18,29-30,33H,3-6,11-16,28H2,1-2H3,(H,31,32)/p+1. The predicted molar refractivity (Wildman–Crippen MR) is 143 cm³/mol. The molecule has 0 aliphatic carbocycles. The summed E-state index contributed by atoms with van der Waals surface area (Å²) < 4.78 is 5.43. The molecule has 2 heterocycles. The monoisotopic (exact) mass is 463 g/mol. The van der Waals surface area contributed by atoms with Gasteiger partial charge in [0.25, 0.3) is 5.82 Å². The number of benzene rings is 2. The van der Waals surface area contributed by atoms with Gasteiger partial charge in [0.1, 0.15) is 5.75 Å². The van der Waals surface area contributed by atoms with E-state index < -0.39 is 0 Å². The molecule has 0 aliphatic heterocycles. The molecule has 0 saturated heterocycles. The highest BCUT2D eigenvalue weighted by molar-refractivity contribution is 6.23. The lowest BCUT2D eigenvalue weighted by Gasteiger charge is -2.07. The van der Waals surface area contributed by atoms with E-state index in [9.17, 15) is 0 Å². The van der Waals surface area contributed by atoms with Crippen molar-refractivity contribution in [1.82, 2.24) is 15.6 Å². The van der Waals surface area contributed by atoms with Gasteiger partial charge in [0.15, 0.2) is 0 Å². The molecule has 2 aromatic carbocycles. The third-order valence-corrected chi connectivity index (χ3v) is 6.41. The van der Waals surface area contributed by atoms with Crippen LogP contribution in [0.25, 0.3) is 32.6 Å². The Hall–Kier alpha value is -2.87. The summed E-state index contributed by atoms with van der Waals surface area (Å²) in [6.07, 6.45) is 6.60. The second kappa shape index (κ2) is 12.0. The summed E-state index contributed by atoms with van der Waals surface area (Å²) in [7, 11) is 1.71. The van der Waals surface area contributed by atoms with E-state index in [2.05, 4.69) is 63.3 Å². The van der Waals surface area contributed by atoms with Gasteiger partial charge in [-0.15, -0.1) is 0 Å². The first kappa shape index (κ1) is 24.3. The average molecular weight is 464 g/mol. The van der Waals surface area contributed by atoms with Crippen LogP contribution in [0.2, 0.25) is 0 Å². The molecule has 34 heavy (non-hydrogen) atoms. The number of ether oxygens (including phenoxy) is 1. The Morgan fingerprint density at radius 3 is 2.44 bits per heavy atom. The molecule has 0 saturated carbocycles. The number of nitrogens with one attached hydrogen (secondary N) is 5. The van der Waals surface area contributed by atoms with E-state index in [0.717, 1.165) is 69.2 Å². The maximum Gasteiger partial charge on any atom is 0.282 e. The number of aryl methyl sites for hydroxylation is 1. The van der Waals surface area contributed by atoms with Gasteiger partial charge in [-0.05, 0) is 100 Å². The second-order valence-electron chi connectivity index (χ2n) is 8.93. The van der Waals surface area contributed by atoms with Crippen molar-refractivity contribution in [3.63, 3.8) is 0 Å². The number of pyridine rings is 1. The molecule has 7 heteroatoms. The highest BCUT2D eigenvalue weighted by Crippen LogP contribution is 2.36. The molecule has 7 nitrogen and oxygen atoms in total. The molecule has 2 aromatic heterocycles. The Labute approximate surface area is 201 Å². The van der Waals surface area contributed by atoms with E-state index in [-0.39, 0.29) is 0 Å². The minimum absolute atomic E-state index is 0.764. The van der Waals surface area contributed by atoms with Gasteiger partial charge in [-0.2, -0.15) is 0 Å². The Morgan fingerprint density at radius 1 is 0.912 bits per heavy atom. The summed E-state index contributed by atoms with van der Waals surface area (Å²) in [5.41, 5.74) is 9.04. The summed E-state index contributed by atoms with van der Waals surface area (Å²) in [6, 6.07) is 10.6. The second-order valence-corrected chi connectivity index (χ2v) is 8.93. The molecule has 182 valence electrons. The van der Waals surface area contributed by atoms with Crippen molar-refractivity contribution in [3.8, 4) is 5.75 Å². The van der Waals surface area contributed by atoms with Crippen LogP contribution in [0.3, 0.4) is 0 Å². The molecule has 0 amide bonds. The van der Waals surface area contributed by atoms with E-state index in [1.807, 2.05) is 6.07 Å². The van der Waals surface area contributed by atoms with Crippen molar-refractivity contribution in [2.24, 2.45) is 5.73 Å². The highest BCUT2D eigenvalue weighted by Gasteiger charge is 2.18. The van der Waals surface area contributed by atoms with E-state index in [1.54, 1.807) is 7.11 Å². The predicted octanol–water partition coefficient (Wildman–Crippen LogP) is 3.72. The fourth-order valence-corrected chi connectivity index (χ4v) is 4.54. The van der Waals surface area contributed by atoms with Crippen LogP contribution in [0.1, 0.15) is 31.2 Å². The number of H-pyrrole nitrogens is 2. The lowest BCUT2D eigenvalue weighted by molar-refractivity contribution is -0.359. The highest BCUT2D eigenvalue weighted by atomic mass is 16.5. The van der Waals surface area contributed by atoms with E-state index in [4.69, 9.17) is 10.5 Å². The third kappa shape index (κ3) is 5.60. The van der Waals surface area contributed by atoms with E-state index >= 15 is 0 Å². The number of fused-ring (bicyclic) bond motifs is 5. The lowest BCUT2D eigenvalue weighted by atomic mass is 10.0. The number of hydrogen-bond donors (Lipinski definition) is 5. The average Bonchev–Trinajstić information content (AvgIpc) is 3.27. The zero-order valence-corrected chi connectivity index (χ0v) is 20.5. The van der Waals surface area contributed by atoms with Gasteiger partial charge < -0.3 is 26.1 Å². The zero-order valence-electron chi connectivity index (χ0n) is 20.5. The molecule has 0 atom stereocenters. The van der Waals surface area contributed by atoms with E-state index in [0.29, 0.717) is 0 Å². The van der Waals surface area contributed by atoms with Crippen molar-refractivity contribution in [3.05, 3.63) is 42.1 Å². The normalized spacial score (nSPS) is 11.6. The molecule has 0 radical (unpaired) electrons. The number of rotatable bonds is 14.